The maximum absolute atomic E-state index is 9.41. The van der Waals surface area contributed by atoms with Crippen LogP contribution >= 0.6 is 0 Å². The zero-order chi connectivity index (χ0) is 39.9. The minimum absolute atomic E-state index is 0.384. The second-order valence-electron chi connectivity index (χ2n) is 14.7. The highest BCUT2D eigenvalue weighted by molar-refractivity contribution is 5.87. The Kier molecular flexibility index (Phi) is 17.5. The van der Waals surface area contributed by atoms with Gasteiger partial charge in [-0.15, -0.1) is 0 Å². The van der Waals surface area contributed by atoms with Crippen molar-refractivity contribution < 1.29 is 28.8 Å². The fourth-order valence-electron chi connectivity index (χ4n) is 6.75. The number of hydrogen-bond acceptors (Lipinski definition) is 4. The number of carboxylic acids is 2. The molecule has 0 saturated carbocycles. The molecule has 0 aliphatic carbocycles. The Hall–Kier alpha value is -6.08. The van der Waals surface area contributed by atoms with Crippen LogP contribution < -0.4 is 10.2 Å². The quantitative estimate of drug-likeness (QED) is 0.0776. The van der Waals surface area contributed by atoms with E-state index in [2.05, 4.69) is 196 Å². The van der Waals surface area contributed by atoms with Gasteiger partial charge in [-0.1, -0.05) is 182 Å². The molecule has 56 heavy (non-hydrogen) atoms. The Morgan fingerprint density at radius 2 is 0.571 bits per heavy atom. The molecule has 0 fully saturated rings. The van der Waals surface area contributed by atoms with Gasteiger partial charge in [0.1, 0.15) is 26.2 Å². The summed E-state index contributed by atoms with van der Waals surface area (Å²) in [6.07, 6.45) is 2.98. The summed E-state index contributed by atoms with van der Waals surface area (Å²) < 4.78 is 2.03. The van der Waals surface area contributed by atoms with Crippen LogP contribution in [0.3, 0.4) is 0 Å². The van der Waals surface area contributed by atoms with Crippen LogP contribution in [-0.2, 0) is 48.6 Å². The summed E-state index contributed by atoms with van der Waals surface area (Å²) >= 11 is 0. The molecule has 0 atom stereocenters. The predicted molar refractivity (Wildman–Crippen MR) is 222 cm³/mol. The molecule has 0 unspecified atom stereocenters. The molecule has 0 aliphatic rings. The number of hydrogen-bond donors (Lipinski definition) is 0. The standard InChI is InChI=1S/2C23H26N.C4H4O4/c2*1-24(19-22-13-7-3-8-14-22,20-23-15-9-4-10-16-23)18-17-21-11-5-2-6-12-21;5-3(6)1-2-4(7)8/h2*2-16H,17-20H2,1H3;1-2H,(H,5,6)(H,7,8)/q2*+1;/p-2/b;;2-1+. The van der Waals surface area contributed by atoms with Crippen molar-refractivity contribution >= 4 is 11.9 Å². The van der Waals surface area contributed by atoms with Crippen molar-refractivity contribution in [2.45, 2.75) is 39.0 Å². The predicted octanol–water partition coefficient (Wildman–Crippen LogP) is 7.19. The van der Waals surface area contributed by atoms with Crippen molar-refractivity contribution in [2.24, 2.45) is 0 Å². The first kappa shape index (κ1) is 42.7. The number of carbonyl (C=O) groups is 2. The highest BCUT2D eigenvalue weighted by Crippen LogP contribution is 2.20. The monoisotopic (exact) mass is 746 g/mol. The summed E-state index contributed by atoms with van der Waals surface area (Å²) in [7, 11) is 4.76. The Bertz CT molecular complexity index is 1770. The van der Waals surface area contributed by atoms with Gasteiger partial charge in [0, 0.05) is 35.1 Å². The van der Waals surface area contributed by atoms with Crippen molar-refractivity contribution in [3.05, 3.63) is 228 Å². The van der Waals surface area contributed by atoms with E-state index in [0.29, 0.717) is 12.2 Å². The molecule has 0 aromatic heterocycles. The maximum Gasteiger partial charge on any atom is 0.104 e. The normalized spacial score (nSPS) is 11.1. The smallest absolute Gasteiger partial charge is 0.104 e. The van der Waals surface area contributed by atoms with Gasteiger partial charge in [0.2, 0.25) is 0 Å². The zero-order valence-electron chi connectivity index (χ0n) is 32.7. The summed E-state index contributed by atoms with van der Waals surface area (Å²) in [5.74, 6) is -3.09. The molecule has 6 rings (SSSR count). The molecule has 0 bridgehead atoms. The minimum atomic E-state index is -1.55. The van der Waals surface area contributed by atoms with E-state index in [1.807, 2.05) is 0 Å². The molecule has 6 aromatic carbocycles. The summed E-state index contributed by atoms with van der Waals surface area (Å²) in [6, 6.07) is 65.0. The maximum atomic E-state index is 9.41. The van der Waals surface area contributed by atoms with Crippen molar-refractivity contribution in [1.29, 1.82) is 0 Å². The van der Waals surface area contributed by atoms with Crippen molar-refractivity contribution in [3.8, 4) is 0 Å². The SMILES string of the molecule is C[N+](CCc1ccccc1)(Cc1ccccc1)Cc1ccccc1.C[N+](CCc1ccccc1)(Cc1ccccc1)Cc1ccccc1.O=C([O-])/C=C/C(=O)[O-]. The number of rotatable bonds is 16. The van der Waals surface area contributed by atoms with E-state index >= 15 is 0 Å². The van der Waals surface area contributed by atoms with Gasteiger partial charge in [-0.3, -0.25) is 0 Å². The van der Waals surface area contributed by atoms with E-state index < -0.39 is 11.9 Å². The molecule has 0 spiro atoms. The molecule has 6 aromatic rings. The lowest BCUT2D eigenvalue weighted by Crippen LogP contribution is -2.44. The van der Waals surface area contributed by atoms with E-state index in [-0.39, 0.29) is 0 Å². The summed E-state index contributed by atoms with van der Waals surface area (Å²) in [6.45, 7) is 6.50. The van der Waals surface area contributed by atoms with E-state index in [0.717, 1.165) is 61.1 Å². The number of likely N-dealkylation sites (N-methyl/N-ethyl adjacent to an activating group) is 2. The Morgan fingerprint density at radius 3 is 0.768 bits per heavy atom. The molecule has 288 valence electrons. The third-order valence-electron chi connectivity index (χ3n) is 9.55. The molecule has 0 radical (unpaired) electrons. The topological polar surface area (TPSA) is 80.3 Å². The number of carboxylic acid groups (broad SMARTS) is 2. The third-order valence-corrected chi connectivity index (χ3v) is 9.55. The highest BCUT2D eigenvalue weighted by Gasteiger charge is 2.24. The van der Waals surface area contributed by atoms with Crippen molar-refractivity contribution in [1.82, 2.24) is 0 Å². The largest absolute Gasteiger partial charge is 0.545 e. The molecular formula is C50H54N2O4. The van der Waals surface area contributed by atoms with E-state index in [1.165, 1.54) is 33.4 Å². The minimum Gasteiger partial charge on any atom is -0.545 e. The van der Waals surface area contributed by atoms with Gasteiger partial charge >= 0.3 is 0 Å². The number of carbonyl (C=O) groups excluding carboxylic acids is 2. The lowest BCUT2D eigenvalue weighted by Gasteiger charge is -2.35. The first-order chi connectivity index (χ1) is 27.1. The number of nitrogens with zero attached hydrogens (tertiary/aromatic N) is 2. The molecule has 0 aliphatic heterocycles. The summed E-state index contributed by atoms with van der Waals surface area (Å²) in [5, 5.41) is 18.8. The Morgan fingerprint density at radius 1 is 0.375 bits per heavy atom. The molecule has 6 heteroatoms. The fraction of sp³-hybridized carbons (Fsp3) is 0.200. The van der Waals surface area contributed by atoms with Gasteiger partial charge in [0.15, 0.2) is 0 Å². The molecular weight excluding hydrogens is 693 g/mol. The first-order valence-corrected chi connectivity index (χ1v) is 19.1. The van der Waals surface area contributed by atoms with Gasteiger partial charge < -0.3 is 28.8 Å². The van der Waals surface area contributed by atoms with Gasteiger partial charge in [-0.2, -0.15) is 0 Å². The van der Waals surface area contributed by atoms with E-state index in [1.54, 1.807) is 0 Å². The summed E-state index contributed by atoms with van der Waals surface area (Å²) in [4.78, 5) is 18.8. The van der Waals surface area contributed by atoms with Gasteiger partial charge in [0.25, 0.3) is 0 Å². The van der Waals surface area contributed by atoms with Crippen LogP contribution in [0, 0.1) is 0 Å². The van der Waals surface area contributed by atoms with Crippen LogP contribution in [0.15, 0.2) is 194 Å². The second-order valence-corrected chi connectivity index (χ2v) is 14.7. The number of aliphatic carboxylic acids is 2. The van der Waals surface area contributed by atoms with Gasteiger partial charge in [-0.25, -0.2) is 0 Å². The van der Waals surface area contributed by atoms with E-state index in [9.17, 15) is 19.8 Å². The van der Waals surface area contributed by atoms with Crippen LogP contribution in [0.4, 0.5) is 0 Å². The van der Waals surface area contributed by atoms with Gasteiger partial charge in [0.05, 0.1) is 39.1 Å². The lowest BCUT2D eigenvalue weighted by atomic mass is 10.1. The lowest BCUT2D eigenvalue weighted by molar-refractivity contribution is -0.935. The Labute approximate surface area is 333 Å². The molecule has 6 nitrogen and oxygen atoms in total. The van der Waals surface area contributed by atoms with Crippen LogP contribution in [0.5, 0.6) is 0 Å². The van der Waals surface area contributed by atoms with Gasteiger partial charge in [-0.05, 0) is 23.3 Å². The number of benzene rings is 6. The average Bonchev–Trinajstić information content (AvgIpc) is 3.21. The number of quaternary nitrogens is 2. The second kappa shape index (κ2) is 23.0. The Balaban J connectivity index is 0.000000209. The average molecular weight is 747 g/mol. The third kappa shape index (κ3) is 16.9. The first-order valence-electron chi connectivity index (χ1n) is 19.1. The van der Waals surface area contributed by atoms with Crippen LogP contribution in [-0.4, -0.2) is 48.1 Å². The van der Waals surface area contributed by atoms with E-state index in [4.69, 9.17) is 0 Å². The van der Waals surface area contributed by atoms with Crippen LogP contribution in [0.25, 0.3) is 0 Å². The van der Waals surface area contributed by atoms with Crippen molar-refractivity contribution in [2.75, 3.05) is 27.2 Å². The molecule has 0 saturated heterocycles. The molecule has 0 amide bonds. The molecule has 0 heterocycles. The fourth-order valence-corrected chi connectivity index (χ4v) is 6.75. The van der Waals surface area contributed by atoms with Crippen LogP contribution in [0.2, 0.25) is 0 Å². The van der Waals surface area contributed by atoms with Crippen LogP contribution in [0.1, 0.15) is 33.4 Å². The van der Waals surface area contributed by atoms with Crippen molar-refractivity contribution in [3.63, 3.8) is 0 Å². The molecule has 0 N–H and O–H groups in total. The zero-order valence-corrected chi connectivity index (χ0v) is 32.7. The highest BCUT2D eigenvalue weighted by atomic mass is 16.4. The summed E-state index contributed by atoms with van der Waals surface area (Å²) in [5.41, 5.74) is 8.46.